The second kappa shape index (κ2) is 1.98. The molecule has 1 aliphatic carbocycles. The molecule has 1 heterocycles. The highest BCUT2D eigenvalue weighted by Crippen LogP contribution is 2.30. The molecule has 0 amide bonds. The fourth-order valence-corrected chi connectivity index (χ4v) is 1.59. The summed E-state index contributed by atoms with van der Waals surface area (Å²) in [4.78, 5) is 4.31. The van der Waals surface area contributed by atoms with E-state index >= 15 is 0 Å². The first-order valence-corrected chi connectivity index (χ1v) is 3.70. The third kappa shape index (κ3) is 0.805. The van der Waals surface area contributed by atoms with Crippen molar-refractivity contribution < 1.29 is 0 Å². The van der Waals surface area contributed by atoms with E-state index in [2.05, 4.69) is 11.2 Å². The van der Waals surface area contributed by atoms with Gasteiger partial charge < -0.3 is 0 Å². The maximum absolute atomic E-state index is 4.31. The Balaban J connectivity index is 2.24. The van der Waals surface area contributed by atoms with Crippen LogP contribution in [0.3, 0.4) is 0 Å². The molecule has 2 aliphatic rings. The smallest absolute Gasteiger partial charge is 0.0395 e. The Bertz CT molecular complexity index is 177. The maximum atomic E-state index is 4.31. The van der Waals surface area contributed by atoms with Crippen LogP contribution >= 0.6 is 0 Å². The Kier molecular flexibility index (Phi) is 1.15. The van der Waals surface area contributed by atoms with Crippen molar-refractivity contribution in [2.75, 3.05) is 0 Å². The third-order valence-electron chi connectivity index (χ3n) is 2.14. The van der Waals surface area contributed by atoms with Crippen molar-refractivity contribution in [1.29, 1.82) is 0 Å². The Morgan fingerprint density at radius 3 is 3.00 bits per heavy atom. The van der Waals surface area contributed by atoms with Crippen LogP contribution in [0, 0.1) is 0 Å². The number of hydrogen-bond acceptors (Lipinski definition) is 1. The highest BCUT2D eigenvalue weighted by atomic mass is 14.8. The summed E-state index contributed by atoms with van der Waals surface area (Å²) < 4.78 is 0. The molecule has 0 aromatic heterocycles. The van der Waals surface area contributed by atoms with Gasteiger partial charge in [-0.1, -0.05) is 0 Å². The number of nitrogens with zero attached hydrogens (tertiary/aromatic N) is 1. The van der Waals surface area contributed by atoms with Crippen molar-refractivity contribution in [3.05, 3.63) is 11.3 Å². The molecular weight excluding hydrogens is 110 g/mol. The molecule has 0 fully saturated rings. The molecule has 9 heavy (non-hydrogen) atoms. The standard InChI is InChI=1S/C8H11N/c1-2-4-8-7(3-1)5-6-9-8/h6H,1-5H2. The number of hydrogen-bond donors (Lipinski definition) is 0. The second-order valence-electron chi connectivity index (χ2n) is 2.77. The lowest BCUT2D eigenvalue weighted by atomic mass is 9.96. The summed E-state index contributed by atoms with van der Waals surface area (Å²) in [5, 5.41) is 0. The molecule has 1 aliphatic heterocycles. The molecule has 0 radical (unpaired) electrons. The minimum Gasteiger partial charge on any atom is -0.265 e. The molecule has 0 saturated heterocycles. The highest BCUT2D eigenvalue weighted by Gasteiger charge is 2.13. The summed E-state index contributed by atoms with van der Waals surface area (Å²) in [6.45, 7) is 0. The molecule has 2 rings (SSSR count). The van der Waals surface area contributed by atoms with Crippen molar-refractivity contribution in [1.82, 2.24) is 0 Å². The number of aliphatic imine (C=N–C) groups is 1. The zero-order valence-corrected chi connectivity index (χ0v) is 5.56. The summed E-state index contributed by atoms with van der Waals surface area (Å²) in [5.74, 6) is 0. The van der Waals surface area contributed by atoms with Gasteiger partial charge in [0.25, 0.3) is 0 Å². The highest BCUT2D eigenvalue weighted by molar-refractivity contribution is 5.67. The molecule has 48 valence electrons. The van der Waals surface area contributed by atoms with E-state index < -0.39 is 0 Å². The van der Waals surface area contributed by atoms with E-state index in [0.29, 0.717) is 0 Å². The summed E-state index contributed by atoms with van der Waals surface area (Å²) in [5.41, 5.74) is 3.02. The first-order valence-electron chi connectivity index (χ1n) is 3.70. The van der Waals surface area contributed by atoms with E-state index in [-0.39, 0.29) is 0 Å². The molecule has 1 heteroatoms. The van der Waals surface area contributed by atoms with E-state index in [1.54, 1.807) is 5.57 Å². The van der Waals surface area contributed by atoms with E-state index in [9.17, 15) is 0 Å². The van der Waals surface area contributed by atoms with Crippen molar-refractivity contribution in [3.8, 4) is 0 Å². The molecule has 0 atom stereocenters. The van der Waals surface area contributed by atoms with Crippen LogP contribution in [0.2, 0.25) is 0 Å². The van der Waals surface area contributed by atoms with Gasteiger partial charge >= 0.3 is 0 Å². The van der Waals surface area contributed by atoms with Crippen LogP contribution in [0.4, 0.5) is 0 Å². The summed E-state index contributed by atoms with van der Waals surface area (Å²) in [7, 11) is 0. The normalized spacial score (nSPS) is 24.9. The first-order chi connectivity index (χ1) is 4.47. The largest absolute Gasteiger partial charge is 0.265 e. The molecule has 0 unspecified atom stereocenters. The zero-order chi connectivity index (χ0) is 6.10. The van der Waals surface area contributed by atoms with E-state index in [1.807, 2.05) is 0 Å². The van der Waals surface area contributed by atoms with E-state index in [4.69, 9.17) is 0 Å². The maximum Gasteiger partial charge on any atom is 0.0395 e. The van der Waals surface area contributed by atoms with Crippen LogP contribution in [0.25, 0.3) is 0 Å². The molecule has 0 saturated carbocycles. The van der Waals surface area contributed by atoms with Crippen LogP contribution < -0.4 is 0 Å². The SMILES string of the molecule is C1=NC2=C(C1)CCCC2. The third-order valence-corrected chi connectivity index (χ3v) is 2.14. The molecule has 1 nitrogen and oxygen atoms in total. The average Bonchev–Trinajstić information content (AvgIpc) is 2.33. The van der Waals surface area contributed by atoms with Gasteiger partial charge in [0.2, 0.25) is 0 Å². The fraction of sp³-hybridized carbons (Fsp3) is 0.625. The number of allylic oxidation sites excluding steroid dienone is 2. The Labute approximate surface area is 55.5 Å². The van der Waals surface area contributed by atoms with Gasteiger partial charge in [0.05, 0.1) is 0 Å². The monoisotopic (exact) mass is 121 g/mol. The van der Waals surface area contributed by atoms with Gasteiger partial charge in [0.15, 0.2) is 0 Å². The predicted molar refractivity (Wildman–Crippen MR) is 38.6 cm³/mol. The first kappa shape index (κ1) is 5.21. The zero-order valence-electron chi connectivity index (χ0n) is 5.56. The van der Waals surface area contributed by atoms with Gasteiger partial charge in [0, 0.05) is 18.3 Å². The van der Waals surface area contributed by atoms with Gasteiger partial charge in [-0.2, -0.15) is 0 Å². The molecule has 0 spiro atoms. The lowest BCUT2D eigenvalue weighted by Gasteiger charge is -2.10. The summed E-state index contributed by atoms with van der Waals surface area (Å²) in [6.07, 6.45) is 8.50. The Morgan fingerprint density at radius 2 is 2.11 bits per heavy atom. The number of rotatable bonds is 0. The van der Waals surface area contributed by atoms with Gasteiger partial charge in [-0.25, -0.2) is 0 Å². The van der Waals surface area contributed by atoms with Crippen LogP contribution in [0.1, 0.15) is 32.1 Å². The van der Waals surface area contributed by atoms with E-state index in [0.717, 1.165) is 6.42 Å². The quantitative estimate of drug-likeness (QED) is 0.466. The molecule has 0 aromatic rings. The molecular formula is C8H11N. The molecule has 0 aromatic carbocycles. The predicted octanol–water partition coefficient (Wildman–Crippen LogP) is 2.29. The van der Waals surface area contributed by atoms with Crippen LogP contribution in [0.15, 0.2) is 16.3 Å². The minimum atomic E-state index is 1.15. The van der Waals surface area contributed by atoms with Gasteiger partial charge in [-0.3, -0.25) is 4.99 Å². The van der Waals surface area contributed by atoms with Crippen molar-refractivity contribution in [3.63, 3.8) is 0 Å². The fourth-order valence-electron chi connectivity index (χ4n) is 1.59. The summed E-state index contributed by atoms with van der Waals surface area (Å²) in [6, 6.07) is 0. The van der Waals surface area contributed by atoms with Crippen molar-refractivity contribution in [2.45, 2.75) is 32.1 Å². The van der Waals surface area contributed by atoms with Gasteiger partial charge in [0.1, 0.15) is 0 Å². The average molecular weight is 121 g/mol. The van der Waals surface area contributed by atoms with Crippen molar-refractivity contribution in [2.24, 2.45) is 4.99 Å². The summed E-state index contributed by atoms with van der Waals surface area (Å²) >= 11 is 0. The Hall–Kier alpha value is -0.590. The minimum absolute atomic E-state index is 1.15. The lowest BCUT2D eigenvalue weighted by molar-refractivity contribution is 0.670. The van der Waals surface area contributed by atoms with Gasteiger partial charge in [-0.05, 0) is 31.3 Å². The van der Waals surface area contributed by atoms with Crippen LogP contribution in [0.5, 0.6) is 0 Å². The molecule has 0 bridgehead atoms. The lowest BCUT2D eigenvalue weighted by Crippen LogP contribution is -1.92. The van der Waals surface area contributed by atoms with Gasteiger partial charge in [-0.15, -0.1) is 0 Å². The van der Waals surface area contributed by atoms with Crippen LogP contribution in [-0.2, 0) is 0 Å². The molecule has 0 N–H and O–H groups in total. The van der Waals surface area contributed by atoms with Crippen molar-refractivity contribution >= 4 is 6.21 Å². The van der Waals surface area contributed by atoms with E-state index in [1.165, 1.54) is 31.4 Å². The Morgan fingerprint density at radius 1 is 1.22 bits per heavy atom. The second-order valence-corrected chi connectivity index (χ2v) is 2.77. The topological polar surface area (TPSA) is 12.4 Å². The van der Waals surface area contributed by atoms with Crippen LogP contribution in [-0.4, -0.2) is 6.21 Å².